The lowest BCUT2D eigenvalue weighted by Crippen LogP contribution is -2.55. The molecule has 0 spiro atoms. The van der Waals surface area contributed by atoms with Gasteiger partial charge in [0, 0.05) is 13.0 Å². The quantitative estimate of drug-likeness (QED) is 0.501. The van der Waals surface area contributed by atoms with E-state index in [-0.39, 0.29) is 24.5 Å². The monoisotopic (exact) mass is 403 g/mol. The van der Waals surface area contributed by atoms with E-state index in [9.17, 15) is 9.59 Å². The van der Waals surface area contributed by atoms with Gasteiger partial charge in [0.1, 0.15) is 12.2 Å². The maximum absolute atomic E-state index is 13.0. The second-order valence-corrected chi connectivity index (χ2v) is 11.9. The fraction of sp³-hybridized carbons (Fsp3) is 0.895. The molecule has 0 aromatic rings. The Morgan fingerprint density at radius 3 is 2.19 bits per heavy atom. The maximum Gasteiger partial charge on any atom is 0.412 e. The van der Waals surface area contributed by atoms with Gasteiger partial charge < -0.3 is 18.6 Å². The Hall–Kier alpha value is -1.12. The summed E-state index contributed by atoms with van der Waals surface area (Å²) in [6, 6.07) is 0. The van der Waals surface area contributed by atoms with Gasteiger partial charge >= 0.3 is 12.1 Å². The second kappa shape index (κ2) is 8.92. The van der Waals surface area contributed by atoms with Gasteiger partial charge in [0.15, 0.2) is 14.8 Å². The van der Waals surface area contributed by atoms with Crippen LogP contribution in [-0.4, -0.2) is 64.2 Å². The van der Waals surface area contributed by atoms with Gasteiger partial charge in [-0.25, -0.2) is 9.59 Å². The molecule has 1 saturated heterocycles. The lowest BCUT2D eigenvalue weighted by atomic mass is 9.79. The van der Waals surface area contributed by atoms with Crippen LogP contribution in [0.4, 0.5) is 4.79 Å². The molecule has 27 heavy (non-hydrogen) atoms. The Morgan fingerprint density at radius 2 is 1.74 bits per heavy atom. The van der Waals surface area contributed by atoms with Crippen LogP contribution < -0.4 is 0 Å². The van der Waals surface area contributed by atoms with Crippen molar-refractivity contribution < 1.29 is 28.2 Å². The number of methoxy groups -OCH3 is 1. The molecule has 1 rings (SSSR count). The van der Waals surface area contributed by atoms with Gasteiger partial charge in [-0.3, -0.25) is 4.90 Å². The zero-order valence-corrected chi connectivity index (χ0v) is 19.5. The van der Waals surface area contributed by atoms with Gasteiger partial charge in [0.25, 0.3) is 0 Å². The molecule has 1 amide bonds. The topological polar surface area (TPSA) is 74.3 Å². The van der Waals surface area contributed by atoms with E-state index in [1.165, 1.54) is 7.11 Å². The van der Waals surface area contributed by atoms with Crippen molar-refractivity contribution in [3.63, 3.8) is 0 Å². The molecule has 7 nitrogen and oxygen atoms in total. The van der Waals surface area contributed by atoms with Gasteiger partial charge in [-0.1, -0.05) is 20.8 Å². The minimum atomic E-state index is -1.52. The van der Waals surface area contributed by atoms with Crippen LogP contribution in [0.3, 0.4) is 0 Å². The van der Waals surface area contributed by atoms with Gasteiger partial charge in [-0.2, -0.15) is 0 Å². The summed E-state index contributed by atoms with van der Waals surface area (Å²) in [7, 11) is -0.208. The number of nitrogens with zero attached hydrogens (tertiary/aromatic N) is 1. The number of carbonyl (C=O) groups excluding carboxylic acids is 2. The first-order valence-corrected chi connectivity index (χ1v) is 12.3. The number of carbonyl (C=O) groups is 2. The summed E-state index contributed by atoms with van der Waals surface area (Å²) in [4.78, 5) is 26.1. The predicted octanol–water partition coefficient (Wildman–Crippen LogP) is 3.18. The number of likely N-dealkylation sites (tertiary alicyclic amines) is 1. The van der Waals surface area contributed by atoms with Crippen LogP contribution >= 0.6 is 0 Å². The molecule has 0 unspecified atom stereocenters. The lowest BCUT2D eigenvalue weighted by Gasteiger charge is -2.40. The highest BCUT2D eigenvalue weighted by molar-refractivity contribution is 6.48. The molecular weight excluding hydrogens is 366 g/mol. The average molecular weight is 404 g/mol. The molecule has 1 aliphatic heterocycles. The third-order valence-corrected chi connectivity index (χ3v) is 5.44. The fourth-order valence-corrected chi connectivity index (χ4v) is 4.33. The van der Waals surface area contributed by atoms with E-state index in [2.05, 4.69) is 38.6 Å². The van der Waals surface area contributed by atoms with Crippen molar-refractivity contribution in [2.45, 2.75) is 72.4 Å². The second-order valence-electron chi connectivity index (χ2n) is 9.54. The molecule has 0 bridgehead atoms. The Bertz CT molecular complexity index is 525. The zero-order chi connectivity index (χ0) is 21.0. The zero-order valence-electron chi connectivity index (χ0n) is 18.4. The van der Waals surface area contributed by atoms with Crippen molar-refractivity contribution in [2.24, 2.45) is 11.3 Å². The molecule has 0 aromatic heterocycles. The van der Waals surface area contributed by atoms with Crippen LogP contribution in [0, 0.1) is 11.3 Å². The molecule has 0 radical (unpaired) electrons. The van der Waals surface area contributed by atoms with Crippen molar-refractivity contribution in [3.05, 3.63) is 0 Å². The molecule has 0 aliphatic carbocycles. The highest BCUT2D eigenvalue weighted by Gasteiger charge is 2.53. The summed E-state index contributed by atoms with van der Waals surface area (Å²) >= 11 is 0. The summed E-state index contributed by atoms with van der Waals surface area (Å²) in [6.07, 6.45) is 0.229. The average Bonchev–Trinajstić information content (AvgIpc) is 2.84. The smallest absolute Gasteiger partial charge is 0.412 e. The van der Waals surface area contributed by atoms with Crippen molar-refractivity contribution in [3.8, 4) is 0 Å². The summed E-state index contributed by atoms with van der Waals surface area (Å²) < 4.78 is 22.3. The van der Waals surface area contributed by atoms with E-state index in [1.807, 2.05) is 20.8 Å². The Morgan fingerprint density at radius 1 is 1.15 bits per heavy atom. The standard InChI is InChI=1S/C19H37NO6Si/c1-17(2,3)14-10-19(26-27(8)9,13-24-12-15(21)23-7)20(11-14)16(22)25-18(4,5)6/h14,27H,10-13H2,1-9H3/t14-,19-/m0/s1. The highest BCUT2D eigenvalue weighted by Crippen LogP contribution is 2.44. The molecule has 2 atom stereocenters. The first-order chi connectivity index (χ1) is 12.2. The third-order valence-electron chi connectivity index (χ3n) is 4.53. The van der Waals surface area contributed by atoms with Crippen molar-refractivity contribution in [1.29, 1.82) is 0 Å². The van der Waals surface area contributed by atoms with Crippen LogP contribution in [0.1, 0.15) is 48.0 Å². The van der Waals surface area contributed by atoms with E-state index in [4.69, 9.17) is 13.9 Å². The Labute approximate surface area is 165 Å². The summed E-state index contributed by atoms with van der Waals surface area (Å²) in [5, 5.41) is 0. The number of ether oxygens (including phenoxy) is 3. The van der Waals surface area contributed by atoms with E-state index in [0.717, 1.165) is 0 Å². The SMILES string of the molecule is COC(=O)COC[C@@]1(O[SiH](C)C)C[C@H](C(C)(C)C)CN1C(=O)OC(C)(C)C. The molecule has 1 fully saturated rings. The number of esters is 1. The van der Waals surface area contributed by atoms with E-state index >= 15 is 0 Å². The molecule has 0 aromatic carbocycles. The summed E-state index contributed by atoms with van der Waals surface area (Å²) in [6.45, 7) is 16.6. The van der Waals surface area contributed by atoms with Crippen molar-refractivity contribution >= 4 is 21.1 Å². The minimum Gasteiger partial charge on any atom is -0.467 e. The fourth-order valence-electron chi connectivity index (χ4n) is 3.16. The first-order valence-electron chi connectivity index (χ1n) is 9.53. The van der Waals surface area contributed by atoms with E-state index < -0.39 is 32.4 Å². The molecule has 0 saturated carbocycles. The van der Waals surface area contributed by atoms with Crippen LogP contribution in [0.2, 0.25) is 13.1 Å². The van der Waals surface area contributed by atoms with Crippen molar-refractivity contribution in [2.75, 3.05) is 26.9 Å². The normalized spacial score (nSPS) is 23.6. The lowest BCUT2D eigenvalue weighted by molar-refractivity contribution is -0.153. The Balaban J connectivity index is 3.15. The van der Waals surface area contributed by atoms with Crippen LogP contribution in [0.25, 0.3) is 0 Å². The molecule has 1 heterocycles. The highest BCUT2D eigenvalue weighted by atomic mass is 28.3. The summed E-state index contributed by atoms with van der Waals surface area (Å²) in [5.41, 5.74) is -1.54. The van der Waals surface area contributed by atoms with E-state index in [0.29, 0.717) is 13.0 Å². The van der Waals surface area contributed by atoms with Gasteiger partial charge in [0.05, 0.1) is 13.7 Å². The first kappa shape index (κ1) is 23.9. The predicted molar refractivity (Wildman–Crippen MR) is 106 cm³/mol. The van der Waals surface area contributed by atoms with Gasteiger partial charge in [0.2, 0.25) is 0 Å². The third kappa shape index (κ3) is 7.08. The minimum absolute atomic E-state index is 0.00768. The van der Waals surface area contributed by atoms with Gasteiger partial charge in [-0.05, 0) is 45.2 Å². The number of rotatable bonds is 6. The van der Waals surface area contributed by atoms with E-state index in [1.54, 1.807) is 4.90 Å². The molecule has 0 N–H and O–H groups in total. The Kier molecular flexibility index (Phi) is 7.90. The van der Waals surface area contributed by atoms with Crippen molar-refractivity contribution in [1.82, 2.24) is 4.90 Å². The summed E-state index contributed by atoms with van der Waals surface area (Å²) in [5.74, 6) is -0.236. The maximum atomic E-state index is 13.0. The number of amides is 1. The molecule has 1 aliphatic rings. The van der Waals surface area contributed by atoms with Gasteiger partial charge in [-0.15, -0.1) is 0 Å². The molecular formula is C19H37NO6Si. The van der Waals surface area contributed by atoms with Crippen LogP contribution in [0.15, 0.2) is 0 Å². The number of hydrogen-bond donors (Lipinski definition) is 0. The van der Waals surface area contributed by atoms with Crippen LogP contribution in [-0.2, 0) is 23.4 Å². The van der Waals surface area contributed by atoms with Crippen LogP contribution in [0.5, 0.6) is 0 Å². The largest absolute Gasteiger partial charge is 0.467 e. The number of hydrogen-bond acceptors (Lipinski definition) is 6. The molecule has 158 valence electrons. The molecule has 8 heteroatoms.